The summed E-state index contributed by atoms with van der Waals surface area (Å²) in [6.45, 7) is 0.726. The third kappa shape index (κ3) is 6.86. The maximum absolute atomic E-state index is 14.1. The van der Waals surface area contributed by atoms with E-state index in [9.17, 15) is 28.0 Å². The molecular weight excluding hydrogens is 659 g/mol. The first-order chi connectivity index (χ1) is 21.1. The molecule has 2 aliphatic rings. The fraction of sp³-hybridized carbons (Fsp3) is 0.500. The standard InChI is InChI=1S/C24H32ClN8O10PS/c1-23(36)17(34)15(42-20(23)33-12-27-16-18(30-32-45(3,38)39)28-22(26)29-19(16)33)11-41-44(37,43-14-7-5-13(25)6-8-14)31-24(9-4-10-24)21(35)40-2/h5-8,12,15,17,20,32,34,36H,4,9-11H2,1-3H3,(H,31,37)(H3,26,28,29,30)/t15?,17-,20-,23-,44?/m1/s1. The first-order valence-corrected chi connectivity index (χ1v) is 17.2. The number of carbonyl (C=O) groups excluding carboxylic acids is 1. The van der Waals surface area contributed by atoms with Gasteiger partial charge in [-0.2, -0.15) is 15.1 Å². The monoisotopic (exact) mass is 690 g/mol. The van der Waals surface area contributed by atoms with Gasteiger partial charge in [0.15, 0.2) is 23.2 Å². The van der Waals surface area contributed by atoms with Gasteiger partial charge in [-0.25, -0.2) is 18.0 Å². The van der Waals surface area contributed by atoms with Crippen LogP contribution in [0.25, 0.3) is 11.2 Å². The Labute approximate surface area is 262 Å². The van der Waals surface area contributed by atoms with Gasteiger partial charge >= 0.3 is 13.7 Å². The van der Waals surface area contributed by atoms with Crippen molar-refractivity contribution in [1.82, 2.24) is 29.4 Å². The number of aliphatic hydroxyl groups excluding tert-OH is 1. The molecule has 0 spiro atoms. The first kappa shape index (κ1) is 33.2. The van der Waals surface area contributed by atoms with Crippen molar-refractivity contribution in [3.63, 3.8) is 0 Å². The number of nitrogens with one attached hydrogen (secondary N) is 3. The molecule has 1 saturated carbocycles. The first-order valence-electron chi connectivity index (χ1n) is 13.4. The van der Waals surface area contributed by atoms with E-state index in [2.05, 4.69) is 30.3 Å². The number of imidazole rings is 1. The Bertz CT molecular complexity index is 1740. The molecule has 1 saturated heterocycles. The number of hydrogen-bond donors (Lipinski definition) is 6. The van der Waals surface area contributed by atoms with Crippen molar-refractivity contribution < 1.29 is 46.5 Å². The van der Waals surface area contributed by atoms with Crippen LogP contribution in [-0.4, -0.2) is 87.4 Å². The van der Waals surface area contributed by atoms with Crippen LogP contribution < -0.4 is 25.6 Å². The van der Waals surface area contributed by atoms with Gasteiger partial charge in [0.05, 0.1) is 26.3 Å². The number of rotatable bonds is 12. The molecule has 1 aromatic carbocycles. The lowest BCUT2D eigenvalue weighted by atomic mass is 9.78. The zero-order valence-electron chi connectivity index (χ0n) is 24.2. The summed E-state index contributed by atoms with van der Waals surface area (Å²) in [5.41, 5.74) is 5.01. The summed E-state index contributed by atoms with van der Waals surface area (Å²) in [4.78, 5) is 27.0. The van der Waals surface area contributed by atoms with Crippen molar-refractivity contribution in [1.29, 1.82) is 0 Å². The number of nitrogens with two attached hydrogens (primary N) is 1. The molecule has 3 aromatic rings. The topological polar surface area (TPSA) is 251 Å². The number of nitrogen functional groups attached to an aromatic ring is 1. The number of nitrogens with zero attached hydrogens (tertiary/aromatic N) is 4. The fourth-order valence-corrected chi connectivity index (χ4v) is 7.10. The minimum atomic E-state index is -4.37. The maximum atomic E-state index is 14.1. The normalized spacial score (nSPS) is 25.8. The average molecular weight is 691 g/mol. The molecule has 7 N–H and O–H groups in total. The second kappa shape index (κ2) is 12.2. The van der Waals surface area contributed by atoms with E-state index in [0.29, 0.717) is 24.3 Å². The van der Waals surface area contributed by atoms with E-state index in [1.165, 1.54) is 49.2 Å². The fourth-order valence-electron chi connectivity index (χ4n) is 4.95. The minimum Gasteiger partial charge on any atom is -0.468 e. The van der Waals surface area contributed by atoms with E-state index in [1.54, 1.807) is 0 Å². The number of carbonyl (C=O) groups is 1. The smallest absolute Gasteiger partial charge is 0.459 e. The van der Waals surface area contributed by atoms with Crippen molar-refractivity contribution in [3.05, 3.63) is 35.6 Å². The molecule has 1 aliphatic heterocycles. The number of halogens is 1. The summed E-state index contributed by atoms with van der Waals surface area (Å²) in [6, 6.07) is 5.94. The number of hydrogen-bond acceptors (Lipinski definition) is 15. The molecule has 5 rings (SSSR count). The molecule has 45 heavy (non-hydrogen) atoms. The Balaban J connectivity index is 1.40. The number of aromatic nitrogens is 4. The number of aliphatic hydroxyl groups is 2. The van der Waals surface area contributed by atoms with E-state index in [-0.39, 0.29) is 28.7 Å². The third-order valence-corrected chi connectivity index (χ3v) is 9.75. The number of benzene rings is 1. The second-order valence-electron chi connectivity index (χ2n) is 10.8. The zero-order chi connectivity index (χ0) is 32.8. The number of fused-ring (bicyclic) bond motifs is 1. The second-order valence-corrected chi connectivity index (χ2v) is 14.7. The van der Waals surface area contributed by atoms with Crippen molar-refractivity contribution in [2.45, 2.75) is 55.8 Å². The van der Waals surface area contributed by atoms with Crippen LogP contribution in [0, 0.1) is 0 Å². The van der Waals surface area contributed by atoms with E-state index in [4.69, 9.17) is 35.9 Å². The van der Waals surface area contributed by atoms with Gasteiger partial charge < -0.3 is 29.9 Å². The molecule has 18 nitrogen and oxygen atoms in total. The molecule has 2 fully saturated rings. The van der Waals surface area contributed by atoms with Crippen molar-refractivity contribution in [2.75, 3.05) is 31.1 Å². The van der Waals surface area contributed by atoms with Crippen molar-refractivity contribution in [2.24, 2.45) is 0 Å². The highest BCUT2D eigenvalue weighted by Crippen LogP contribution is 2.51. The third-order valence-electron chi connectivity index (χ3n) is 7.38. The summed E-state index contributed by atoms with van der Waals surface area (Å²) in [7, 11) is -6.84. The molecule has 2 aromatic heterocycles. The van der Waals surface area contributed by atoms with Gasteiger partial charge in [-0.3, -0.25) is 19.3 Å². The Morgan fingerprint density at radius 2 is 1.98 bits per heavy atom. The van der Waals surface area contributed by atoms with Crippen molar-refractivity contribution in [3.8, 4) is 5.75 Å². The van der Waals surface area contributed by atoms with E-state index < -0.39 is 59.9 Å². The zero-order valence-corrected chi connectivity index (χ0v) is 26.7. The Hall–Kier alpha value is -3.13. The van der Waals surface area contributed by atoms with Gasteiger partial charge in [-0.15, -0.1) is 4.83 Å². The predicted octanol–water partition coefficient (Wildman–Crippen LogP) is 0.836. The molecule has 0 amide bonds. The van der Waals surface area contributed by atoms with Crippen LogP contribution in [0.5, 0.6) is 5.75 Å². The van der Waals surface area contributed by atoms with Crippen molar-refractivity contribution >= 4 is 58.3 Å². The number of ether oxygens (including phenoxy) is 2. The number of hydrazine groups is 1. The van der Waals surface area contributed by atoms with E-state index in [0.717, 1.165) is 6.26 Å². The van der Waals surface area contributed by atoms with Crippen LogP contribution in [0.1, 0.15) is 32.4 Å². The molecule has 2 unspecified atom stereocenters. The molecule has 3 heterocycles. The molecule has 21 heteroatoms. The summed E-state index contributed by atoms with van der Waals surface area (Å²) in [5.74, 6) is -0.876. The highest BCUT2D eigenvalue weighted by molar-refractivity contribution is 7.88. The SMILES string of the molecule is COC(=O)C1(NP(=O)(OCC2O[C@@H](n3cnc4c(NNS(C)(=O)=O)nc(N)nc43)[C@](C)(O)[C@@H]2O)Oc2ccc(Cl)cc2)CCC1. The highest BCUT2D eigenvalue weighted by atomic mass is 35.5. The van der Waals surface area contributed by atoms with E-state index in [1.807, 2.05) is 0 Å². The van der Waals surface area contributed by atoms with Crippen LogP contribution in [0.4, 0.5) is 11.8 Å². The Morgan fingerprint density at radius 3 is 2.58 bits per heavy atom. The van der Waals surface area contributed by atoms with E-state index >= 15 is 0 Å². The van der Waals surface area contributed by atoms with Gasteiger partial charge in [0.2, 0.25) is 16.0 Å². The lowest BCUT2D eigenvalue weighted by Crippen LogP contribution is -2.57. The maximum Gasteiger partial charge on any atom is 0.459 e. The number of sulfonamides is 1. The molecular formula is C24H32ClN8O10PS. The summed E-state index contributed by atoms with van der Waals surface area (Å²) in [5, 5.41) is 25.6. The van der Waals surface area contributed by atoms with Gasteiger partial charge in [0.25, 0.3) is 0 Å². The van der Waals surface area contributed by atoms with Crippen LogP contribution in [0.2, 0.25) is 5.02 Å². The summed E-state index contributed by atoms with van der Waals surface area (Å²) in [6.07, 6.45) is -0.801. The Morgan fingerprint density at radius 1 is 1.29 bits per heavy atom. The number of anilines is 2. The highest BCUT2D eigenvalue weighted by Gasteiger charge is 2.55. The van der Waals surface area contributed by atoms with Gasteiger partial charge in [-0.05, 0) is 50.5 Å². The largest absolute Gasteiger partial charge is 0.468 e. The quantitative estimate of drug-likeness (QED) is 0.0874. The summed E-state index contributed by atoms with van der Waals surface area (Å²) >= 11 is 5.96. The molecule has 0 bridgehead atoms. The molecule has 5 atom stereocenters. The molecule has 246 valence electrons. The minimum absolute atomic E-state index is 0.0303. The van der Waals surface area contributed by atoms with Crippen LogP contribution >= 0.6 is 19.3 Å². The average Bonchev–Trinajstić information content (AvgIpc) is 3.46. The lowest BCUT2D eigenvalue weighted by Gasteiger charge is -2.41. The van der Waals surface area contributed by atoms with Crippen LogP contribution in [0.3, 0.4) is 0 Å². The predicted molar refractivity (Wildman–Crippen MR) is 159 cm³/mol. The van der Waals surface area contributed by atoms with Crippen LogP contribution in [-0.2, 0) is 33.4 Å². The number of esters is 1. The Kier molecular flexibility index (Phi) is 9.04. The van der Waals surface area contributed by atoms with Gasteiger partial charge in [0, 0.05) is 5.02 Å². The molecule has 1 aliphatic carbocycles. The number of methoxy groups -OCH3 is 1. The van der Waals surface area contributed by atoms with Gasteiger partial charge in [-0.1, -0.05) is 11.6 Å². The molecule has 0 radical (unpaired) electrons. The lowest BCUT2D eigenvalue weighted by molar-refractivity contribution is -0.151. The van der Waals surface area contributed by atoms with Crippen LogP contribution in [0.15, 0.2) is 30.6 Å². The van der Waals surface area contributed by atoms with Gasteiger partial charge in [0.1, 0.15) is 29.1 Å². The summed E-state index contributed by atoms with van der Waals surface area (Å²) < 4.78 is 60.9.